The molecule has 1 amide bonds. The highest BCUT2D eigenvalue weighted by Gasteiger charge is 2.30. The number of sulfonamides is 1. The van der Waals surface area contributed by atoms with Gasteiger partial charge in [0, 0.05) is 29.3 Å². The number of hydrogen-bond donors (Lipinski definition) is 1. The molecule has 2 aromatic carbocycles. The number of thioether (sulfide) groups is 1. The molecular weight excluding hydrogens is 392 g/mol. The van der Waals surface area contributed by atoms with Gasteiger partial charge < -0.3 is 5.32 Å². The number of hydrogen-bond acceptors (Lipinski definition) is 4. The first-order valence-corrected chi connectivity index (χ1v) is 11.1. The lowest BCUT2D eigenvalue weighted by Gasteiger charge is -2.25. The molecule has 8 heteroatoms. The molecule has 0 aliphatic heterocycles. The second-order valence-corrected chi connectivity index (χ2v) is 9.33. The topological polar surface area (TPSA) is 66.5 Å². The molecule has 0 spiro atoms. The number of nitrogens with zero attached hydrogens (tertiary/aromatic N) is 1. The molecule has 0 aromatic heterocycles. The monoisotopic (exact) mass is 412 g/mol. The molecule has 0 unspecified atom stereocenters. The maximum Gasteiger partial charge on any atom is 0.243 e. The van der Waals surface area contributed by atoms with E-state index in [0.29, 0.717) is 22.9 Å². The van der Waals surface area contributed by atoms with Crippen LogP contribution < -0.4 is 5.32 Å². The van der Waals surface area contributed by atoms with E-state index < -0.39 is 16.1 Å². The highest BCUT2D eigenvalue weighted by molar-refractivity contribution is 7.99. The quantitative estimate of drug-likeness (QED) is 0.534. The number of nitrogens with one attached hydrogen (secondary N) is 1. The number of benzene rings is 2. The Balaban J connectivity index is 1.99. The van der Waals surface area contributed by atoms with Crippen molar-refractivity contribution in [3.8, 4) is 0 Å². The molecule has 1 N–H and O–H groups in total. The number of halogens is 1. The standard InChI is InChI=1S/C18H21ClN2O3S2/c1-21(26(2,23)24)17(14-6-4-3-5-7-14)18(22)20-12-13-25-16-10-8-15(19)9-11-16/h3-11,17H,12-13H2,1-2H3,(H,20,22)/t17-/m1/s1. The number of likely N-dealkylation sites (N-methyl/N-ethyl adjacent to an activating group) is 1. The lowest BCUT2D eigenvalue weighted by molar-refractivity contribution is -0.124. The van der Waals surface area contributed by atoms with E-state index in [1.54, 1.807) is 36.0 Å². The van der Waals surface area contributed by atoms with Crippen LogP contribution in [0.2, 0.25) is 5.02 Å². The van der Waals surface area contributed by atoms with Gasteiger partial charge in [0.2, 0.25) is 15.9 Å². The molecule has 5 nitrogen and oxygen atoms in total. The van der Waals surface area contributed by atoms with E-state index in [-0.39, 0.29) is 5.91 Å². The van der Waals surface area contributed by atoms with Gasteiger partial charge >= 0.3 is 0 Å². The Bertz CT molecular complexity index is 827. The Morgan fingerprint density at radius 2 is 1.77 bits per heavy atom. The van der Waals surface area contributed by atoms with Crippen molar-refractivity contribution in [1.29, 1.82) is 0 Å². The Labute approximate surface area is 163 Å². The average Bonchev–Trinajstić information content (AvgIpc) is 2.60. The SMILES string of the molecule is CN([C@@H](C(=O)NCCSc1ccc(Cl)cc1)c1ccccc1)S(C)(=O)=O. The van der Waals surface area contributed by atoms with Crippen molar-refractivity contribution >= 4 is 39.3 Å². The first-order valence-electron chi connectivity index (χ1n) is 7.93. The fourth-order valence-electron chi connectivity index (χ4n) is 2.32. The number of carbonyl (C=O) groups excluding carboxylic acids is 1. The Kier molecular flexibility index (Phi) is 7.52. The Morgan fingerprint density at radius 3 is 2.35 bits per heavy atom. The highest BCUT2D eigenvalue weighted by Crippen LogP contribution is 2.22. The van der Waals surface area contributed by atoms with Crippen LogP contribution in [-0.2, 0) is 14.8 Å². The third kappa shape index (κ3) is 6.02. The van der Waals surface area contributed by atoms with Crippen LogP contribution in [0.25, 0.3) is 0 Å². The molecular formula is C18H21ClN2O3S2. The smallest absolute Gasteiger partial charge is 0.243 e. The van der Waals surface area contributed by atoms with Gasteiger partial charge in [-0.05, 0) is 29.8 Å². The molecule has 2 aromatic rings. The fourth-order valence-corrected chi connectivity index (χ4v) is 3.82. The van der Waals surface area contributed by atoms with Gasteiger partial charge in [0.05, 0.1) is 6.26 Å². The molecule has 0 bridgehead atoms. The van der Waals surface area contributed by atoms with Crippen molar-refractivity contribution in [2.75, 3.05) is 25.6 Å². The largest absolute Gasteiger partial charge is 0.354 e. The van der Waals surface area contributed by atoms with Crippen LogP contribution in [-0.4, -0.2) is 44.2 Å². The zero-order valence-corrected chi connectivity index (χ0v) is 16.9. The molecule has 0 radical (unpaired) electrons. The first kappa shape index (κ1) is 20.8. The van der Waals surface area contributed by atoms with E-state index in [4.69, 9.17) is 11.6 Å². The van der Waals surface area contributed by atoms with Crippen molar-refractivity contribution in [2.24, 2.45) is 0 Å². The summed E-state index contributed by atoms with van der Waals surface area (Å²) in [5.41, 5.74) is 0.628. The lowest BCUT2D eigenvalue weighted by atomic mass is 10.1. The van der Waals surface area contributed by atoms with E-state index in [9.17, 15) is 13.2 Å². The van der Waals surface area contributed by atoms with E-state index in [1.165, 1.54) is 7.05 Å². The zero-order valence-electron chi connectivity index (χ0n) is 14.6. The molecule has 2 rings (SSSR count). The molecule has 0 aliphatic carbocycles. The van der Waals surface area contributed by atoms with Crippen LogP contribution in [0.5, 0.6) is 0 Å². The molecule has 0 heterocycles. The molecule has 0 fully saturated rings. The second kappa shape index (κ2) is 9.41. The average molecular weight is 413 g/mol. The maximum atomic E-state index is 12.6. The predicted octanol–water partition coefficient (Wildman–Crippen LogP) is 3.18. The summed E-state index contributed by atoms with van der Waals surface area (Å²) in [7, 11) is -2.11. The highest BCUT2D eigenvalue weighted by atomic mass is 35.5. The van der Waals surface area contributed by atoms with Crippen molar-refractivity contribution in [1.82, 2.24) is 9.62 Å². The minimum absolute atomic E-state index is 0.346. The van der Waals surface area contributed by atoms with Gasteiger partial charge in [-0.15, -0.1) is 11.8 Å². The van der Waals surface area contributed by atoms with Crippen molar-refractivity contribution < 1.29 is 13.2 Å². The van der Waals surface area contributed by atoms with E-state index >= 15 is 0 Å². The van der Waals surface area contributed by atoms with E-state index in [2.05, 4.69) is 5.32 Å². The van der Waals surface area contributed by atoms with Crippen molar-refractivity contribution in [3.05, 3.63) is 65.2 Å². The van der Waals surface area contributed by atoms with Crippen molar-refractivity contribution in [3.63, 3.8) is 0 Å². The van der Waals surface area contributed by atoms with Gasteiger partial charge in [-0.25, -0.2) is 8.42 Å². The maximum absolute atomic E-state index is 12.6. The Hall–Kier alpha value is -1.54. The number of amides is 1. The summed E-state index contributed by atoms with van der Waals surface area (Å²) in [6.07, 6.45) is 1.09. The van der Waals surface area contributed by atoms with Gasteiger partial charge in [-0.3, -0.25) is 4.79 Å². The summed E-state index contributed by atoms with van der Waals surface area (Å²) >= 11 is 7.44. The summed E-state index contributed by atoms with van der Waals surface area (Å²) in [4.78, 5) is 13.7. The van der Waals surface area contributed by atoms with Crippen LogP contribution in [0.3, 0.4) is 0 Å². The van der Waals surface area contributed by atoms with E-state index in [1.807, 2.05) is 30.3 Å². The minimum Gasteiger partial charge on any atom is -0.354 e. The number of carbonyl (C=O) groups is 1. The fraction of sp³-hybridized carbons (Fsp3) is 0.278. The van der Waals surface area contributed by atoms with Crippen LogP contribution in [0.4, 0.5) is 0 Å². The molecule has 0 saturated heterocycles. The predicted molar refractivity (Wildman–Crippen MR) is 107 cm³/mol. The van der Waals surface area contributed by atoms with Crippen LogP contribution in [0.15, 0.2) is 59.5 Å². The first-order chi connectivity index (χ1) is 12.3. The minimum atomic E-state index is -3.52. The Morgan fingerprint density at radius 1 is 1.15 bits per heavy atom. The van der Waals surface area contributed by atoms with Crippen LogP contribution >= 0.6 is 23.4 Å². The summed E-state index contributed by atoms with van der Waals surface area (Å²) < 4.78 is 24.9. The van der Waals surface area contributed by atoms with Gasteiger partial charge in [0.25, 0.3) is 0 Å². The van der Waals surface area contributed by atoms with Gasteiger partial charge in [-0.2, -0.15) is 4.31 Å². The summed E-state index contributed by atoms with van der Waals surface area (Å²) in [5, 5.41) is 3.50. The third-order valence-electron chi connectivity index (χ3n) is 3.73. The van der Waals surface area contributed by atoms with Crippen molar-refractivity contribution in [2.45, 2.75) is 10.9 Å². The van der Waals surface area contributed by atoms with Gasteiger partial charge in [-0.1, -0.05) is 41.9 Å². The van der Waals surface area contributed by atoms with Gasteiger partial charge in [0.1, 0.15) is 6.04 Å². The second-order valence-electron chi connectivity index (χ2n) is 5.69. The molecule has 26 heavy (non-hydrogen) atoms. The molecule has 0 saturated carbocycles. The molecule has 0 aliphatic rings. The van der Waals surface area contributed by atoms with E-state index in [0.717, 1.165) is 15.5 Å². The third-order valence-corrected chi connectivity index (χ3v) is 6.26. The number of rotatable bonds is 8. The van der Waals surface area contributed by atoms with Crippen LogP contribution in [0, 0.1) is 0 Å². The zero-order chi connectivity index (χ0) is 19.2. The van der Waals surface area contributed by atoms with Gasteiger partial charge in [0.15, 0.2) is 0 Å². The molecule has 1 atom stereocenters. The lowest BCUT2D eigenvalue weighted by Crippen LogP contribution is -2.41. The van der Waals surface area contributed by atoms with Crippen LogP contribution in [0.1, 0.15) is 11.6 Å². The summed E-state index contributed by atoms with van der Waals surface area (Å²) in [6.45, 7) is 0.424. The molecule has 140 valence electrons. The summed E-state index contributed by atoms with van der Waals surface area (Å²) in [5.74, 6) is 0.318. The normalized spacial score (nSPS) is 12.8. The summed E-state index contributed by atoms with van der Waals surface area (Å²) in [6, 6.07) is 15.4.